The first-order valence-corrected chi connectivity index (χ1v) is 16.1. The number of carbonyl (C=O) groups is 2. The van der Waals surface area contributed by atoms with Crippen molar-refractivity contribution >= 4 is 11.9 Å². The van der Waals surface area contributed by atoms with Crippen LogP contribution < -0.4 is 5.32 Å². The van der Waals surface area contributed by atoms with E-state index in [9.17, 15) is 14.7 Å². The Hall–Kier alpha value is -2.82. The van der Waals surface area contributed by atoms with Crippen LogP contribution in [0.25, 0.3) is 0 Å². The molecule has 2 N–H and O–H groups in total. The van der Waals surface area contributed by atoms with Crippen LogP contribution >= 0.6 is 0 Å². The van der Waals surface area contributed by atoms with Gasteiger partial charge in [-0.1, -0.05) is 134 Å². The van der Waals surface area contributed by atoms with Crippen molar-refractivity contribution in [2.45, 2.75) is 135 Å². The van der Waals surface area contributed by atoms with Gasteiger partial charge < -0.3 is 15.2 Å². The number of benzene rings is 1. The lowest BCUT2D eigenvalue weighted by Gasteiger charge is -2.18. The van der Waals surface area contributed by atoms with Gasteiger partial charge >= 0.3 is 5.97 Å². The summed E-state index contributed by atoms with van der Waals surface area (Å²) in [6.45, 7) is 13.5. The van der Waals surface area contributed by atoms with Crippen LogP contribution in [0.3, 0.4) is 0 Å². The van der Waals surface area contributed by atoms with E-state index in [2.05, 4.69) is 32.0 Å². The van der Waals surface area contributed by atoms with E-state index in [0.717, 1.165) is 36.0 Å². The lowest BCUT2D eigenvalue weighted by molar-refractivity contribution is -0.147. The molecule has 5 nitrogen and oxygen atoms in total. The molecule has 230 valence electrons. The minimum absolute atomic E-state index is 0.135. The number of unbranched alkanes of at least 4 members (excludes halogenated alkanes) is 13. The Balaban J connectivity index is 2.43. The summed E-state index contributed by atoms with van der Waals surface area (Å²) < 4.78 is 5.27. The van der Waals surface area contributed by atoms with Gasteiger partial charge in [0.25, 0.3) is 0 Å². The highest BCUT2D eigenvalue weighted by atomic mass is 16.5. The zero-order valence-corrected chi connectivity index (χ0v) is 25.9. The van der Waals surface area contributed by atoms with Gasteiger partial charge in [0.05, 0.1) is 0 Å². The second-order valence-corrected chi connectivity index (χ2v) is 11.2. The fourth-order valence-electron chi connectivity index (χ4n) is 5.16. The van der Waals surface area contributed by atoms with Gasteiger partial charge in [0.2, 0.25) is 5.91 Å². The van der Waals surface area contributed by atoms with Crippen LogP contribution in [0.15, 0.2) is 50.1 Å². The molecule has 0 saturated heterocycles. The Labute approximate surface area is 250 Å². The number of aromatic hydroxyl groups is 1. The molecule has 41 heavy (non-hydrogen) atoms. The quantitative estimate of drug-likeness (QED) is 0.0666. The highest BCUT2D eigenvalue weighted by Gasteiger charge is 2.22. The number of amides is 1. The topological polar surface area (TPSA) is 75.6 Å². The van der Waals surface area contributed by atoms with E-state index in [1.165, 1.54) is 76.7 Å². The Morgan fingerprint density at radius 2 is 1.29 bits per heavy atom. The van der Waals surface area contributed by atoms with Gasteiger partial charge in [-0.25, -0.2) is 4.79 Å². The van der Waals surface area contributed by atoms with Crippen LogP contribution in [-0.4, -0.2) is 29.6 Å². The molecule has 0 aliphatic carbocycles. The third kappa shape index (κ3) is 16.9. The molecule has 1 rings (SSSR count). The summed E-state index contributed by atoms with van der Waals surface area (Å²) in [5, 5.41) is 13.4. The number of phenolic OH excluding ortho intramolecular Hbond substituents is 1. The normalized spacial score (nSPS) is 11.5. The standard InChI is InChI=1S/C36H57NO4/c1-5-9-10-11-12-13-14-15-16-17-18-19-20-21-24-33(36(40)41-27-8-4)37-34(38)26-25-30-28-31(22-6-2)35(39)32(29-30)23-7-3/h6-8,28-29,33,39H,2-5,9-27H2,1H3,(H,37,38). The molecule has 0 bridgehead atoms. The second kappa shape index (κ2) is 23.8. The number of rotatable bonds is 26. The van der Waals surface area contributed by atoms with Crippen LogP contribution in [0.2, 0.25) is 0 Å². The summed E-state index contributed by atoms with van der Waals surface area (Å²) in [6, 6.07) is 3.19. The number of allylic oxidation sites excluding steroid dienone is 2. The molecule has 0 aromatic heterocycles. The van der Waals surface area contributed by atoms with Crippen molar-refractivity contribution in [1.29, 1.82) is 0 Å². The molecule has 0 spiro atoms. The van der Waals surface area contributed by atoms with Crippen LogP contribution in [0.1, 0.15) is 126 Å². The average molecular weight is 568 g/mol. The number of carbonyl (C=O) groups excluding carboxylic acids is 2. The van der Waals surface area contributed by atoms with E-state index in [4.69, 9.17) is 4.74 Å². The minimum Gasteiger partial charge on any atom is -0.507 e. The molecule has 0 saturated carbocycles. The smallest absolute Gasteiger partial charge is 0.328 e. The highest BCUT2D eigenvalue weighted by molar-refractivity contribution is 5.84. The SMILES string of the molecule is C=CCOC(=O)C(CCCCCCCCCCCCCCCC)NC(=O)CCc1cc(CC=C)c(O)c(CC=C)c1. The lowest BCUT2D eigenvalue weighted by atomic mass is 9.97. The van der Waals surface area contributed by atoms with E-state index in [-0.39, 0.29) is 24.7 Å². The summed E-state index contributed by atoms with van der Waals surface area (Å²) in [6.07, 6.45) is 25.3. The minimum atomic E-state index is -0.646. The van der Waals surface area contributed by atoms with Gasteiger partial charge in [0.1, 0.15) is 18.4 Å². The maximum atomic E-state index is 12.8. The molecule has 0 fully saturated rings. The van der Waals surface area contributed by atoms with Gasteiger partial charge in [-0.15, -0.1) is 13.2 Å². The molecular formula is C36H57NO4. The van der Waals surface area contributed by atoms with Crippen molar-refractivity contribution in [2.24, 2.45) is 0 Å². The zero-order valence-electron chi connectivity index (χ0n) is 25.9. The Bertz CT molecular complexity index is 876. The third-order valence-electron chi connectivity index (χ3n) is 7.51. The summed E-state index contributed by atoms with van der Waals surface area (Å²) >= 11 is 0. The predicted molar refractivity (Wildman–Crippen MR) is 172 cm³/mol. The van der Waals surface area contributed by atoms with Gasteiger partial charge in [0, 0.05) is 6.42 Å². The maximum Gasteiger partial charge on any atom is 0.328 e. The fourth-order valence-corrected chi connectivity index (χ4v) is 5.16. The summed E-state index contributed by atoms with van der Waals surface area (Å²) in [4.78, 5) is 25.4. The van der Waals surface area contributed by atoms with Gasteiger partial charge in [0.15, 0.2) is 0 Å². The molecule has 1 aromatic carbocycles. The Kier molecular flexibility index (Phi) is 21.1. The third-order valence-corrected chi connectivity index (χ3v) is 7.51. The molecule has 0 heterocycles. The van der Waals surface area contributed by atoms with Crippen molar-refractivity contribution in [3.63, 3.8) is 0 Å². The maximum absolute atomic E-state index is 12.8. The molecule has 0 aliphatic heterocycles. The van der Waals surface area contributed by atoms with Gasteiger partial charge in [-0.3, -0.25) is 4.79 Å². The summed E-state index contributed by atoms with van der Waals surface area (Å²) in [5.74, 6) is -0.324. The van der Waals surface area contributed by atoms with Crippen molar-refractivity contribution in [2.75, 3.05) is 6.61 Å². The number of nitrogens with one attached hydrogen (secondary N) is 1. The van der Waals surface area contributed by atoms with Crippen molar-refractivity contribution in [1.82, 2.24) is 5.32 Å². The monoisotopic (exact) mass is 567 g/mol. The molecule has 1 unspecified atom stereocenters. The van der Waals surface area contributed by atoms with E-state index in [0.29, 0.717) is 25.7 Å². The number of hydrogen-bond donors (Lipinski definition) is 2. The van der Waals surface area contributed by atoms with Crippen molar-refractivity contribution < 1.29 is 19.4 Å². The number of esters is 1. The number of ether oxygens (including phenoxy) is 1. The molecule has 1 atom stereocenters. The largest absolute Gasteiger partial charge is 0.507 e. The summed E-state index contributed by atoms with van der Waals surface area (Å²) in [7, 11) is 0. The van der Waals surface area contributed by atoms with Crippen LogP contribution in [0.5, 0.6) is 5.75 Å². The number of phenols is 1. The predicted octanol–water partition coefficient (Wildman–Crippen LogP) is 8.87. The Morgan fingerprint density at radius 3 is 1.76 bits per heavy atom. The first kappa shape index (κ1) is 36.2. The second-order valence-electron chi connectivity index (χ2n) is 11.2. The molecular weight excluding hydrogens is 510 g/mol. The van der Waals surface area contributed by atoms with E-state index >= 15 is 0 Å². The lowest BCUT2D eigenvalue weighted by Crippen LogP contribution is -2.42. The number of aryl methyl sites for hydroxylation is 1. The molecule has 5 heteroatoms. The zero-order chi connectivity index (χ0) is 30.1. The fraction of sp³-hybridized carbons (Fsp3) is 0.611. The molecule has 0 aliphatic rings. The Morgan fingerprint density at radius 1 is 0.805 bits per heavy atom. The van der Waals surface area contributed by atoms with E-state index < -0.39 is 12.0 Å². The average Bonchev–Trinajstić information content (AvgIpc) is 2.96. The van der Waals surface area contributed by atoms with Crippen molar-refractivity contribution in [3.8, 4) is 5.75 Å². The van der Waals surface area contributed by atoms with Gasteiger partial charge in [-0.2, -0.15) is 0 Å². The molecule has 1 aromatic rings. The first-order chi connectivity index (χ1) is 20.0. The van der Waals surface area contributed by atoms with E-state index in [1.807, 2.05) is 12.1 Å². The van der Waals surface area contributed by atoms with Crippen LogP contribution in [-0.2, 0) is 33.6 Å². The van der Waals surface area contributed by atoms with Crippen LogP contribution in [0, 0.1) is 0 Å². The van der Waals surface area contributed by atoms with E-state index in [1.54, 1.807) is 12.2 Å². The van der Waals surface area contributed by atoms with Gasteiger partial charge in [-0.05, 0) is 42.4 Å². The molecule has 1 amide bonds. The first-order valence-electron chi connectivity index (χ1n) is 16.1. The van der Waals surface area contributed by atoms with Crippen molar-refractivity contribution in [3.05, 3.63) is 66.8 Å². The highest BCUT2D eigenvalue weighted by Crippen LogP contribution is 2.27. The number of hydrogen-bond acceptors (Lipinski definition) is 4. The molecule has 0 radical (unpaired) electrons. The van der Waals surface area contributed by atoms with Crippen LogP contribution in [0.4, 0.5) is 0 Å². The summed E-state index contributed by atoms with van der Waals surface area (Å²) in [5.41, 5.74) is 2.54.